The molecule has 35 heavy (non-hydrogen) atoms. The third-order valence-electron chi connectivity index (χ3n) is 4.73. The molecule has 0 fully saturated rings. The number of hydrogen-bond acceptors (Lipinski definition) is 8. The SMILES string of the molecule is Cc1ccc(C(C)OC(=O)Nc2c(-c3ccc(NS(C)(=O)=O)c(C)n3)nnn2C)c(C(F)(F)F)n1. The Bertz CT molecular complexity index is 1370. The number of hydrogen-bond donors (Lipinski definition) is 2. The summed E-state index contributed by atoms with van der Waals surface area (Å²) >= 11 is 0. The minimum absolute atomic E-state index is 0.0657. The molecule has 0 saturated heterocycles. The number of aryl methyl sites for hydroxylation is 3. The normalized spacial score (nSPS) is 12.8. The second kappa shape index (κ2) is 9.48. The monoisotopic (exact) mass is 513 g/mol. The fraction of sp³-hybridized carbons (Fsp3) is 0.350. The fourth-order valence-corrected chi connectivity index (χ4v) is 3.76. The highest BCUT2D eigenvalue weighted by Gasteiger charge is 2.37. The molecule has 0 aliphatic rings. The molecule has 0 aromatic carbocycles. The van der Waals surface area contributed by atoms with Crippen molar-refractivity contribution in [1.82, 2.24) is 25.0 Å². The van der Waals surface area contributed by atoms with Gasteiger partial charge in [-0.1, -0.05) is 11.3 Å². The van der Waals surface area contributed by atoms with Gasteiger partial charge in [-0.25, -0.2) is 27.9 Å². The van der Waals surface area contributed by atoms with Gasteiger partial charge in [-0.2, -0.15) is 13.2 Å². The van der Waals surface area contributed by atoms with Gasteiger partial charge in [0.25, 0.3) is 0 Å². The van der Waals surface area contributed by atoms with Gasteiger partial charge in [-0.3, -0.25) is 10.0 Å². The van der Waals surface area contributed by atoms with E-state index in [4.69, 9.17) is 4.74 Å². The molecule has 11 nitrogen and oxygen atoms in total. The van der Waals surface area contributed by atoms with Crippen LogP contribution in [0.15, 0.2) is 24.3 Å². The molecular formula is C20H22F3N7O4S. The summed E-state index contributed by atoms with van der Waals surface area (Å²) in [5.74, 6) is 0.0657. The Hall–Kier alpha value is -3.75. The molecule has 0 bridgehead atoms. The van der Waals surface area contributed by atoms with Crippen molar-refractivity contribution < 1.29 is 31.1 Å². The molecule has 3 heterocycles. The van der Waals surface area contributed by atoms with E-state index in [0.29, 0.717) is 5.69 Å². The zero-order valence-corrected chi connectivity index (χ0v) is 20.1. The maximum Gasteiger partial charge on any atom is 0.433 e. The molecule has 1 unspecified atom stereocenters. The number of carbonyl (C=O) groups is 1. The lowest BCUT2D eigenvalue weighted by molar-refractivity contribution is -0.142. The molecule has 15 heteroatoms. The highest BCUT2D eigenvalue weighted by Crippen LogP contribution is 2.34. The summed E-state index contributed by atoms with van der Waals surface area (Å²) in [4.78, 5) is 20.4. The Morgan fingerprint density at radius 3 is 2.43 bits per heavy atom. The summed E-state index contributed by atoms with van der Waals surface area (Å²) in [6.45, 7) is 4.29. The number of pyridine rings is 2. The van der Waals surface area contributed by atoms with E-state index in [1.807, 2.05) is 0 Å². The van der Waals surface area contributed by atoms with Crippen molar-refractivity contribution in [2.24, 2.45) is 7.05 Å². The number of rotatable bonds is 6. The third-order valence-corrected chi connectivity index (χ3v) is 5.32. The molecule has 0 aliphatic carbocycles. The number of anilines is 2. The van der Waals surface area contributed by atoms with Crippen molar-refractivity contribution >= 4 is 27.6 Å². The highest BCUT2D eigenvalue weighted by molar-refractivity contribution is 7.92. The van der Waals surface area contributed by atoms with Crippen LogP contribution in [0.1, 0.15) is 35.7 Å². The number of carbonyl (C=O) groups excluding carboxylic acids is 1. The Labute approximate surface area is 198 Å². The van der Waals surface area contributed by atoms with Crippen molar-refractivity contribution in [3.63, 3.8) is 0 Å². The Morgan fingerprint density at radius 2 is 1.83 bits per heavy atom. The van der Waals surface area contributed by atoms with E-state index >= 15 is 0 Å². The predicted molar refractivity (Wildman–Crippen MR) is 120 cm³/mol. The van der Waals surface area contributed by atoms with Crippen molar-refractivity contribution in [2.45, 2.75) is 33.1 Å². The van der Waals surface area contributed by atoms with Gasteiger partial charge >= 0.3 is 12.3 Å². The van der Waals surface area contributed by atoms with Gasteiger partial charge in [0, 0.05) is 18.3 Å². The number of alkyl halides is 3. The van der Waals surface area contributed by atoms with Gasteiger partial charge in [0.1, 0.15) is 6.10 Å². The zero-order chi connectivity index (χ0) is 26.1. The van der Waals surface area contributed by atoms with Crippen molar-refractivity contribution in [2.75, 3.05) is 16.3 Å². The first-order chi connectivity index (χ1) is 16.2. The second-order valence-corrected chi connectivity index (χ2v) is 9.42. The van der Waals surface area contributed by atoms with Gasteiger partial charge in [-0.15, -0.1) is 5.10 Å². The molecule has 188 valence electrons. The molecule has 3 aromatic rings. The van der Waals surface area contributed by atoms with Crippen LogP contribution in [-0.4, -0.2) is 45.7 Å². The number of sulfonamides is 1. The van der Waals surface area contributed by atoms with Crippen LogP contribution in [0.3, 0.4) is 0 Å². The summed E-state index contributed by atoms with van der Waals surface area (Å²) in [6.07, 6.45) is -6.05. The molecule has 3 rings (SSSR count). The number of ether oxygens (including phenoxy) is 1. The molecule has 0 spiro atoms. The van der Waals surface area contributed by atoms with E-state index < -0.39 is 34.1 Å². The lowest BCUT2D eigenvalue weighted by Gasteiger charge is -2.19. The second-order valence-electron chi connectivity index (χ2n) is 7.67. The van der Waals surface area contributed by atoms with Crippen LogP contribution in [0.4, 0.5) is 29.5 Å². The Morgan fingerprint density at radius 1 is 1.14 bits per heavy atom. The topological polar surface area (TPSA) is 141 Å². The summed E-state index contributed by atoms with van der Waals surface area (Å²) < 4.78 is 71.9. The molecule has 1 amide bonds. The first-order valence-electron chi connectivity index (χ1n) is 10.0. The van der Waals surface area contributed by atoms with E-state index in [1.165, 1.54) is 49.8 Å². The van der Waals surface area contributed by atoms with Crippen LogP contribution in [0, 0.1) is 13.8 Å². The van der Waals surface area contributed by atoms with E-state index in [2.05, 4.69) is 30.3 Å². The average Bonchev–Trinajstić information content (AvgIpc) is 3.08. The van der Waals surface area contributed by atoms with E-state index in [0.717, 1.165) is 6.26 Å². The van der Waals surface area contributed by atoms with Crippen LogP contribution >= 0.6 is 0 Å². The standard InChI is InChI=1S/C20H22F3N7O4S/c1-10-6-7-13(17(24-10)20(21,22)23)12(3)34-19(31)26-18-16(27-29-30(18)4)15-9-8-14(11(2)25-15)28-35(5,32)33/h6-9,12,28H,1-5H3,(H,26,31). The summed E-state index contributed by atoms with van der Waals surface area (Å²) in [7, 11) is -2.04. The number of amides is 1. The smallest absolute Gasteiger partial charge is 0.433 e. The maximum atomic E-state index is 13.4. The molecule has 0 saturated carbocycles. The van der Waals surface area contributed by atoms with Gasteiger partial charge in [0.15, 0.2) is 17.2 Å². The van der Waals surface area contributed by atoms with Crippen LogP contribution in [0.25, 0.3) is 11.4 Å². The van der Waals surface area contributed by atoms with E-state index in [-0.39, 0.29) is 34.2 Å². The highest BCUT2D eigenvalue weighted by atomic mass is 32.2. The first kappa shape index (κ1) is 25.9. The predicted octanol–water partition coefficient (Wildman–Crippen LogP) is 3.59. The van der Waals surface area contributed by atoms with Crippen LogP contribution in [0.2, 0.25) is 0 Å². The molecular weight excluding hydrogens is 491 g/mol. The van der Waals surface area contributed by atoms with Crippen molar-refractivity contribution in [3.8, 4) is 11.4 Å². The van der Waals surface area contributed by atoms with Crippen molar-refractivity contribution in [1.29, 1.82) is 0 Å². The van der Waals surface area contributed by atoms with E-state index in [9.17, 15) is 26.4 Å². The van der Waals surface area contributed by atoms with Crippen LogP contribution < -0.4 is 10.0 Å². The lowest BCUT2D eigenvalue weighted by atomic mass is 10.1. The number of halogens is 3. The Kier molecular flexibility index (Phi) is 7.01. The minimum Gasteiger partial charge on any atom is -0.441 e. The first-order valence-corrected chi connectivity index (χ1v) is 11.9. The van der Waals surface area contributed by atoms with Gasteiger partial charge < -0.3 is 4.74 Å². The third kappa shape index (κ3) is 6.23. The molecule has 3 aromatic heterocycles. The Balaban J connectivity index is 1.83. The zero-order valence-electron chi connectivity index (χ0n) is 19.3. The summed E-state index contributed by atoms with van der Waals surface area (Å²) in [5, 5.41) is 10.2. The van der Waals surface area contributed by atoms with E-state index in [1.54, 1.807) is 6.92 Å². The van der Waals surface area contributed by atoms with Crippen LogP contribution in [0.5, 0.6) is 0 Å². The van der Waals surface area contributed by atoms with Gasteiger partial charge in [0.2, 0.25) is 10.0 Å². The van der Waals surface area contributed by atoms with Crippen LogP contribution in [-0.2, 0) is 28.0 Å². The average molecular weight is 514 g/mol. The minimum atomic E-state index is -4.73. The number of nitrogens with zero attached hydrogens (tertiary/aromatic N) is 5. The van der Waals surface area contributed by atoms with Gasteiger partial charge in [-0.05, 0) is 39.0 Å². The number of nitrogens with one attached hydrogen (secondary N) is 2. The largest absolute Gasteiger partial charge is 0.441 e. The summed E-state index contributed by atoms with van der Waals surface area (Å²) in [6, 6.07) is 5.54. The molecule has 0 aliphatic heterocycles. The maximum absolute atomic E-state index is 13.4. The molecule has 0 radical (unpaired) electrons. The quantitative estimate of drug-likeness (QED) is 0.510. The fourth-order valence-electron chi connectivity index (χ4n) is 3.14. The van der Waals surface area contributed by atoms with Crippen molar-refractivity contribution in [3.05, 3.63) is 46.9 Å². The number of aromatic nitrogens is 5. The van der Waals surface area contributed by atoms with Gasteiger partial charge in [0.05, 0.1) is 23.3 Å². The molecule has 1 atom stereocenters. The summed E-state index contributed by atoms with van der Waals surface area (Å²) in [5.41, 5.74) is -0.263. The molecule has 2 N–H and O–H groups in total. The lowest BCUT2D eigenvalue weighted by Crippen LogP contribution is -2.21.